The van der Waals surface area contributed by atoms with Crippen LogP contribution in [0.1, 0.15) is 37.4 Å². The minimum atomic E-state index is 0.113. The van der Waals surface area contributed by atoms with E-state index in [1.165, 1.54) is 0 Å². The lowest BCUT2D eigenvalue weighted by molar-refractivity contribution is -0.126. The van der Waals surface area contributed by atoms with E-state index in [9.17, 15) is 4.79 Å². The molecule has 1 aromatic rings. The van der Waals surface area contributed by atoms with Crippen molar-refractivity contribution in [3.05, 3.63) is 11.7 Å². The normalized spacial score (nSPS) is 24.4. The maximum Gasteiger partial charge on any atom is 0.224 e. The van der Waals surface area contributed by atoms with Crippen LogP contribution in [0.25, 0.3) is 0 Å². The molecule has 0 aromatic carbocycles. The van der Waals surface area contributed by atoms with Gasteiger partial charge in [-0.15, -0.1) is 0 Å². The summed E-state index contributed by atoms with van der Waals surface area (Å²) in [5.74, 6) is 1.63. The van der Waals surface area contributed by atoms with Gasteiger partial charge in [0.1, 0.15) is 0 Å². The first-order valence-corrected chi connectivity index (χ1v) is 7.02. The van der Waals surface area contributed by atoms with Crippen molar-refractivity contribution >= 4 is 5.91 Å². The van der Waals surface area contributed by atoms with Crippen molar-refractivity contribution in [1.29, 1.82) is 0 Å². The second-order valence-electron chi connectivity index (χ2n) is 5.59. The summed E-state index contributed by atoms with van der Waals surface area (Å²) in [5, 5.41) is 7.01. The summed E-state index contributed by atoms with van der Waals surface area (Å²) in [6.07, 6.45) is 4.33. The molecule has 1 aliphatic carbocycles. The molecule has 104 valence electrons. The zero-order valence-electron chi connectivity index (χ0n) is 11.3. The fourth-order valence-corrected chi connectivity index (χ4v) is 2.57. The van der Waals surface area contributed by atoms with Gasteiger partial charge in [-0.3, -0.25) is 9.69 Å². The molecule has 0 bridgehead atoms. The predicted octanol–water partition coefficient (Wildman–Crippen LogP) is 0.869. The number of aromatic nitrogens is 2. The van der Waals surface area contributed by atoms with Gasteiger partial charge in [-0.2, -0.15) is 4.98 Å². The number of rotatable bonds is 4. The molecule has 1 N–H and O–H groups in total. The van der Waals surface area contributed by atoms with Gasteiger partial charge in [0.2, 0.25) is 11.8 Å². The average Bonchev–Trinajstić information content (AvgIpc) is 3.12. The number of hydrogen-bond donors (Lipinski definition) is 1. The van der Waals surface area contributed by atoms with Gasteiger partial charge < -0.3 is 9.84 Å². The standard InChI is InChI=1S/C13H20N4O2/c1-9-14-12(16-19-9)8-17-6-2-3-10(7-17)13(18)15-11-4-5-11/h10-11H,2-8H2,1H3,(H,15,18). The van der Waals surface area contributed by atoms with Gasteiger partial charge in [-0.25, -0.2) is 0 Å². The second kappa shape index (κ2) is 5.28. The molecule has 0 spiro atoms. The number of likely N-dealkylation sites (tertiary alicyclic amines) is 1. The van der Waals surface area contributed by atoms with E-state index in [1.54, 1.807) is 6.92 Å². The first-order valence-electron chi connectivity index (χ1n) is 7.02. The number of carbonyl (C=O) groups excluding carboxylic acids is 1. The van der Waals surface area contributed by atoms with Crippen LogP contribution in [0, 0.1) is 12.8 Å². The number of aryl methyl sites for hydroxylation is 1. The van der Waals surface area contributed by atoms with Crippen molar-refractivity contribution < 1.29 is 9.32 Å². The number of nitrogens with one attached hydrogen (secondary N) is 1. The molecule has 2 aliphatic rings. The summed E-state index contributed by atoms with van der Waals surface area (Å²) in [5.41, 5.74) is 0. The van der Waals surface area contributed by atoms with Crippen molar-refractivity contribution in [2.24, 2.45) is 5.92 Å². The molecule has 1 aliphatic heterocycles. The summed E-state index contributed by atoms with van der Waals surface area (Å²) < 4.78 is 4.97. The molecule has 1 atom stereocenters. The number of amides is 1. The van der Waals surface area contributed by atoms with Gasteiger partial charge >= 0.3 is 0 Å². The lowest BCUT2D eigenvalue weighted by Gasteiger charge is -2.31. The fraction of sp³-hybridized carbons (Fsp3) is 0.769. The van der Waals surface area contributed by atoms with Crippen LogP contribution in [-0.4, -0.2) is 40.1 Å². The first kappa shape index (κ1) is 12.6. The molecular weight excluding hydrogens is 244 g/mol. The van der Waals surface area contributed by atoms with Crippen LogP contribution in [0.4, 0.5) is 0 Å². The Hall–Kier alpha value is -1.43. The molecule has 6 heteroatoms. The van der Waals surface area contributed by atoms with Crippen molar-refractivity contribution in [2.75, 3.05) is 13.1 Å². The summed E-state index contributed by atoms with van der Waals surface area (Å²) in [4.78, 5) is 18.5. The van der Waals surface area contributed by atoms with Gasteiger partial charge in [-0.1, -0.05) is 5.16 Å². The Morgan fingerprint density at radius 3 is 3.00 bits per heavy atom. The highest BCUT2D eigenvalue weighted by molar-refractivity contribution is 5.79. The third-order valence-corrected chi connectivity index (χ3v) is 3.73. The zero-order chi connectivity index (χ0) is 13.2. The van der Waals surface area contributed by atoms with E-state index in [0.29, 0.717) is 24.3 Å². The van der Waals surface area contributed by atoms with E-state index in [2.05, 4.69) is 20.4 Å². The van der Waals surface area contributed by atoms with E-state index in [4.69, 9.17) is 4.52 Å². The van der Waals surface area contributed by atoms with Gasteiger partial charge in [0.25, 0.3) is 0 Å². The van der Waals surface area contributed by atoms with Crippen LogP contribution in [0.5, 0.6) is 0 Å². The first-order chi connectivity index (χ1) is 9.20. The highest BCUT2D eigenvalue weighted by atomic mass is 16.5. The Morgan fingerprint density at radius 2 is 2.32 bits per heavy atom. The maximum atomic E-state index is 12.1. The van der Waals surface area contributed by atoms with Crippen LogP contribution in [0.15, 0.2) is 4.52 Å². The molecule has 19 heavy (non-hydrogen) atoms. The number of piperidine rings is 1. The van der Waals surface area contributed by atoms with Crippen LogP contribution < -0.4 is 5.32 Å². The average molecular weight is 264 g/mol. The Bertz CT molecular complexity index is 455. The van der Waals surface area contributed by atoms with Gasteiger partial charge in [0.15, 0.2) is 5.82 Å². The quantitative estimate of drug-likeness (QED) is 0.873. The van der Waals surface area contributed by atoms with Crippen LogP contribution in [-0.2, 0) is 11.3 Å². The minimum Gasteiger partial charge on any atom is -0.353 e. The smallest absolute Gasteiger partial charge is 0.224 e. The van der Waals surface area contributed by atoms with E-state index in [1.807, 2.05) is 0 Å². The zero-order valence-corrected chi connectivity index (χ0v) is 11.3. The lowest BCUT2D eigenvalue weighted by atomic mass is 9.97. The highest BCUT2D eigenvalue weighted by Gasteiger charge is 2.30. The Kier molecular flexibility index (Phi) is 3.50. The van der Waals surface area contributed by atoms with Gasteiger partial charge in [-0.05, 0) is 32.2 Å². The summed E-state index contributed by atoms with van der Waals surface area (Å²) in [6, 6.07) is 0.447. The third-order valence-electron chi connectivity index (χ3n) is 3.73. The molecular formula is C13H20N4O2. The predicted molar refractivity (Wildman–Crippen MR) is 68.2 cm³/mol. The highest BCUT2D eigenvalue weighted by Crippen LogP contribution is 2.22. The SMILES string of the molecule is Cc1nc(CN2CCCC(C(=O)NC3CC3)C2)no1. The van der Waals surface area contributed by atoms with Crippen LogP contribution in [0.3, 0.4) is 0 Å². The fourth-order valence-electron chi connectivity index (χ4n) is 2.57. The molecule has 1 unspecified atom stereocenters. The van der Waals surface area contributed by atoms with Crippen molar-refractivity contribution in [3.63, 3.8) is 0 Å². The molecule has 3 rings (SSSR count). The topological polar surface area (TPSA) is 71.3 Å². The molecule has 2 fully saturated rings. The number of nitrogens with zero attached hydrogens (tertiary/aromatic N) is 3. The summed E-state index contributed by atoms with van der Waals surface area (Å²) in [7, 11) is 0. The molecule has 1 amide bonds. The molecule has 1 aromatic heterocycles. The third kappa shape index (κ3) is 3.32. The molecule has 2 heterocycles. The second-order valence-corrected chi connectivity index (χ2v) is 5.59. The van der Waals surface area contributed by atoms with E-state index in [-0.39, 0.29) is 11.8 Å². The Labute approximate surface area is 112 Å². The molecule has 0 radical (unpaired) electrons. The molecule has 6 nitrogen and oxygen atoms in total. The van der Waals surface area contributed by atoms with E-state index >= 15 is 0 Å². The minimum absolute atomic E-state index is 0.113. The monoisotopic (exact) mass is 264 g/mol. The van der Waals surface area contributed by atoms with Crippen molar-refractivity contribution in [1.82, 2.24) is 20.4 Å². The Balaban J connectivity index is 1.53. The van der Waals surface area contributed by atoms with Crippen molar-refractivity contribution in [2.45, 2.75) is 45.2 Å². The lowest BCUT2D eigenvalue weighted by Crippen LogP contribution is -2.43. The number of carbonyl (C=O) groups is 1. The Morgan fingerprint density at radius 1 is 1.47 bits per heavy atom. The molecule has 1 saturated heterocycles. The van der Waals surface area contributed by atoms with Gasteiger partial charge in [0, 0.05) is 19.5 Å². The number of hydrogen-bond acceptors (Lipinski definition) is 5. The van der Waals surface area contributed by atoms with E-state index in [0.717, 1.165) is 38.8 Å². The van der Waals surface area contributed by atoms with Crippen LogP contribution >= 0.6 is 0 Å². The van der Waals surface area contributed by atoms with Crippen LogP contribution in [0.2, 0.25) is 0 Å². The maximum absolute atomic E-state index is 12.1. The summed E-state index contributed by atoms with van der Waals surface area (Å²) >= 11 is 0. The largest absolute Gasteiger partial charge is 0.353 e. The van der Waals surface area contributed by atoms with Crippen molar-refractivity contribution in [3.8, 4) is 0 Å². The van der Waals surface area contributed by atoms with Gasteiger partial charge in [0.05, 0.1) is 12.5 Å². The molecule has 1 saturated carbocycles. The summed E-state index contributed by atoms with van der Waals surface area (Å²) in [6.45, 7) is 4.26. The van der Waals surface area contributed by atoms with E-state index < -0.39 is 0 Å².